The van der Waals surface area contributed by atoms with Crippen LogP contribution in [0.2, 0.25) is 0 Å². The third-order valence-electron chi connectivity index (χ3n) is 3.75. The van der Waals surface area contributed by atoms with Gasteiger partial charge in [0.05, 0.1) is 6.61 Å². The summed E-state index contributed by atoms with van der Waals surface area (Å²) >= 11 is 0. The lowest BCUT2D eigenvalue weighted by Crippen LogP contribution is -2.09. The zero-order valence-corrected chi connectivity index (χ0v) is 14.4. The topological polar surface area (TPSA) is 56.8 Å². The molecule has 2 aromatic carbocycles. The molecule has 1 amide bonds. The van der Waals surface area contributed by atoms with Gasteiger partial charge in [0.2, 0.25) is 12.7 Å². The van der Waals surface area contributed by atoms with E-state index in [0.29, 0.717) is 12.4 Å². The molecule has 1 aliphatic heterocycles. The van der Waals surface area contributed by atoms with Gasteiger partial charge in [-0.15, -0.1) is 0 Å². The lowest BCUT2D eigenvalue weighted by atomic mass is 10.1. The van der Waals surface area contributed by atoms with E-state index >= 15 is 0 Å². The molecular weight excluding hydrogens is 318 g/mol. The molecule has 0 saturated heterocycles. The third kappa shape index (κ3) is 4.32. The van der Waals surface area contributed by atoms with E-state index in [1.807, 2.05) is 43.3 Å². The van der Waals surface area contributed by atoms with Crippen molar-refractivity contribution in [3.05, 3.63) is 53.6 Å². The Labute approximate surface area is 147 Å². The molecule has 130 valence electrons. The molecule has 0 unspecified atom stereocenters. The van der Waals surface area contributed by atoms with E-state index in [2.05, 4.69) is 12.2 Å². The molecule has 0 aliphatic carbocycles. The van der Waals surface area contributed by atoms with Gasteiger partial charge in [0.1, 0.15) is 5.75 Å². The van der Waals surface area contributed by atoms with Crippen molar-refractivity contribution < 1.29 is 19.0 Å². The minimum Gasteiger partial charge on any atom is -0.494 e. The highest BCUT2D eigenvalue weighted by molar-refractivity contribution is 6.02. The van der Waals surface area contributed by atoms with Gasteiger partial charge in [-0.25, -0.2) is 0 Å². The van der Waals surface area contributed by atoms with Gasteiger partial charge in [-0.3, -0.25) is 4.79 Å². The number of rotatable bonds is 6. The molecule has 1 heterocycles. The molecular formula is C20H21NO4. The number of nitrogens with one attached hydrogen (secondary N) is 1. The summed E-state index contributed by atoms with van der Waals surface area (Å²) in [5, 5.41) is 2.88. The SMILES string of the molecule is CCCOc1ccc(NC(=O)C=Cc2ccc3c(c2)OCO3)c(C)c1. The van der Waals surface area contributed by atoms with Crippen LogP contribution in [-0.4, -0.2) is 19.3 Å². The average Bonchev–Trinajstić information content (AvgIpc) is 3.08. The summed E-state index contributed by atoms with van der Waals surface area (Å²) in [6.45, 7) is 4.92. The van der Waals surface area contributed by atoms with Crippen LogP contribution in [-0.2, 0) is 4.79 Å². The van der Waals surface area contributed by atoms with E-state index in [0.717, 1.165) is 34.7 Å². The molecule has 5 heteroatoms. The summed E-state index contributed by atoms with van der Waals surface area (Å²) in [6, 6.07) is 11.2. The van der Waals surface area contributed by atoms with E-state index in [1.165, 1.54) is 6.08 Å². The Bertz CT molecular complexity index is 798. The maximum atomic E-state index is 12.1. The number of benzene rings is 2. The number of aryl methyl sites for hydroxylation is 1. The summed E-state index contributed by atoms with van der Waals surface area (Å²) < 4.78 is 16.2. The second kappa shape index (κ2) is 7.75. The standard InChI is InChI=1S/C20H21NO4/c1-3-10-23-16-6-7-17(14(2)11-16)21-20(22)9-5-15-4-8-18-19(12-15)25-13-24-18/h4-9,11-12H,3,10,13H2,1-2H3,(H,21,22). The lowest BCUT2D eigenvalue weighted by molar-refractivity contribution is -0.111. The quantitative estimate of drug-likeness (QED) is 0.803. The summed E-state index contributed by atoms with van der Waals surface area (Å²) in [7, 11) is 0. The zero-order valence-electron chi connectivity index (χ0n) is 14.4. The molecule has 1 N–H and O–H groups in total. The second-order valence-electron chi connectivity index (χ2n) is 5.76. The Kier molecular flexibility index (Phi) is 5.23. The number of hydrogen-bond donors (Lipinski definition) is 1. The van der Waals surface area contributed by atoms with Gasteiger partial charge in [-0.2, -0.15) is 0 Å². The Morgan fingerprint density at radius 3 is 2.84 bits per heavy atom. The molecule has 0 spiro atoms. The first-order chi connectivity index (χ1) is 12.2. The van der Waals surface area contributed by atoms with E-state index in [4.69, 9.17) is 14.2 Å². The van der Waals surface area contributed by atoms with Gasteiger partial charge >= 0.3 is 0 Å². The van der Waals surface area contributed by atoms with Gasteiger partial charge in [-0.1, -0.05) is 13.0 Å². The van der Waals surface area contributed by atoms with Crippen molar-refractivity contribution in [2.24, 2.45) is 0 Å². The fourth-order valence-corrected chi connectivity index (χ4v) is 2.45. The highest BCUT2D eigenvalue weighted by atomic mass is 16.7. The molecule has 0 aromatic heterocycles. The third-order valence-corrected chi connectivity index (χ3v) is 3.75. The zero-order chi connectivity index (χ0) is 17.6. The normalized spacial score (nSPS) is 12.4. The van der Waals surface area contributed by atoms with Crippen molar-refractivity contribution in [3.63, 3.8) is 0 Å². The lowest BCUT2D eigenvalue weighted by Gasteiger charge is -2.10. The van der Waals surface area contributed by atoms with Crippen LogP contribution in [0.15, 0.2) is 42.5 Å². The molecule has 0 fully saturated rings. The Morgan fingerprint density at radius 1 is 1.20 bits per heavy atom. The fourth-order valence-electron chi connectivity index (χ4n) is 2.45. The minimum absolute atomic E-state index is 0.192. The van der Waals surface area contributed by atoms with Crippen LogP contribution in [0.3, 0.4) is 0 Å². The molecule has 0 radical (unpaired) electrons. The van der Waals surface area contributed by atoms with Crippen molar-refractivity contribution >= 4 is 17.7 Å². The van der Waals surface area contributed by atoms with Gasteiger partial charge in [0, 0.05) is 11.8 Å². The van der Waals surface area contributed by atoms with E-state index in [1.54, 1.807) is 6.08 Å². The van der Waals surface area contributed by atoms with Gasteiger partial charge in [0.25, 0.3) is 0 Å². The Morgan fingerprint density at radius 2 is 2.04 bits per heavy atom. The first-order valence-corrected chi connectivity index (χ1v) is 8.28. The van der Waals surface area contributed by atoms with Crippen LogP contribution < -0.4 is 19.5 Å². The number of fused-ring (bicyclic) bond motifs is 1. The van der Waals surface area contributed by atoms with Crippen molar-refractivity contribution in [2.75, 3.05) is 18.7 Å². The van der Waals surface area contributed by atoms with Crippen LogP contribution in [0, 0.1) is 6.92 Å². The van der Waals surface area contributed by atoms with Crippen molar-refractivity contribution in [1.29, 1.82) is 0 Å². The molecule has 0 atom stereocenters. The fraction of sp³-hybridized carbons (Fsp3) is 0.250. The number of carbonyl (C=O) groups is 1. The minimum atomic E-state index is -0.192. The van der Waals surface area contributed by atoms with E-state index < -0.39 is 0 Å². The summed E-state index contributed by atoms with van der Waals surface area (Å²) in [5.41, 5.74) is 2.60. The predicted molar refractivity (Wildman–Crippen MR) is 97.2 cm³/mol. The van der Waals surface area contributed by atoms with E-state index in [9.17, 15) is 4.79 Å². The van der Waals surface area contributed by atoms with Crippen molar-refractivity contribution in [2.45, 2.75) is 20.3 Å². The first-order valence-electron chi connectivity index (χ1n) is 8.28. The first kappa shape index (κ1) is 16.9. The van der Waals surface area contributed by atoms with Gasteiger partial charge in [0.15, 0.2) is 11.5 Å². The van der Waals surface area contributed by atoms with E-state index in [-0.39, 0.29) is 12.7 Å². The van der Waals surface area contributed by atoms with Crippen LogP contribution in [0.25, 0.3) is 6.08 Å². The highest BCUT2D eigenvalue weighted by Crippen LogP contribution is 2.32. The summed E-state index contributed by atoms with van der Waals surface area (Å²) in [4.78, 5) is 12.1. The predicted octanol–water partition coefficient (Wildman–Crippen LogP) is 4.16. The largest absolute Gasteiger partial charge is 0.494 e. The molecule has 0 bridgehead atoms. The van der Waals surface area contributed by atoms with Crippen LogP contribution in [0.1, 0.15) is 24.5 Å². The Hall–Kier alpha value is -2.95. The number of amides is 1. The average molecular weight is 339 g/mol. The molecule has 0 saturated carbocycles. The maximum absolute atomic E-state index is 12.1. The maximum Gasteiger partial charge on any atom is 0.248 e. The molecule has 3 rings (SSSR count). The number of ether oxygens (including phenoxy) is 3. The molecule has 2 aromatic rings. The number of carbonyl (C=O) groups excluding carboxylic acids is 1. The van der Waals surface area contributed by atoms with Crippen molar-refractivity contribution in [3.8, 4) is 17.2 Å². The van der Waals surface area contributed by atoms with Gasteiger partial charge in [-0.05, 0) is 60.9 Å². The highest BCUT2D eigenvalue weighted by Gasteiger charge is 2.12. The van der Waals surface area contributed by atoms with Crippen molar-refractivity contribution in [1.82, 2.24) is 0 Å². The summed E-state index contributed by atoms with van der Waals surface area (Å²) in [5.74, 6) is 2.04. The molecule has 25 heavy (non-hydrogen) atoms. The molecule has 5 nitrogen and oxygen atoms in total. The monoisotopic (exact) mass is 339 g/mol. The van der Waals surface area contributed by atoms with Crippen LogP contribution >= 0.6 is 0 Å². The number of anilines is 1. The summed E-state index contributed by atoms with van der Waals surface area (Å²) in [6.07, 6.45) is 4.20. The number of hydrogen-bond acceptors (Lipinski definition) is 4. The Balaban J connectivity index is 1.62. The van der Waals surface area contributed by atoms with Crippen LogP contribution in [0.4, 0.5) is 5.69 Å². The second-order valence-corrected chi connectivity index (χ2v) is 5.76. The smallest absolute Gasteiger partial charge is 0.248 e. The molecule has 1 aliphatic rings. The van der Waals surface area contributed by atoms with Gasteiger partial charge < -0.3 is 19.5 Å². The van der Waals surface area contributed by atoms with Crippen LogP contribution in [0.5, 0.6) is 17.2 Å².